The van der Waals surface area contributed by atoms with E-state index >= 15 is 0 Å². The maximum absolute atomic E-state index is 9.12. The normalized spacial score (nSPS) is 10.2. The van der Waals surface area contributed by atoms with Gasteiger partial charge in [0.05, 0.1) is 17.8 Å². The van der Waals surface area contributed by atoms with Crippen LogP contribution in [-0.4, -0.2) is 16.7 Å². The van der Waals surface area contributed by atoms with Crippen LogP contribution in [0, 0.1) is 18.3 Å². The molecule has 92 valence electrons. The number of halogens is 1. The number of hydrogen-bond acceptors (Lipinski definition) is 3. The van der Waals surface area contributed by atoms with Crippen LogP contribution in [0.1, 0.15) is 11.5 Å². The number of rotatable bonds is 2. The standard InChI is InChI=1S/C13H12ClN3O/c1-8-16-12(7-15)13(17(8)2)10-5-4-9(18-3)6-11(10)14/h4-6H,1-3H3. The molecule has 1 aromatic heterocycles. The van der Waals surface area contributed by atoms with Gasteiger partial charge >= 0.3 is 0 Å². The largest absolute Gasteiger partial charge is 0.497 e. The highest BCUT2D eigenvalue weighted by atomic mass is 35.5. The Labute approximate surface area is 110 Å². The highest BCUT2D eigenvalue weighted by Gasteiger charge is 2.16. The van der Waals surface area contributed by atoms with Crippen molar-refractivity contribution in [2.75, 3.05) is 7.11 Å². The Hall–Kier alpha value is -1.99. The molecule has 0 radical (unpaired) electrons. The number of nitrogens with zero attached hydrogens (tertiary/aromatic N) is 3. The number of benzene rings is 1. The summed E-state index contributed by atoms with van der Waals surface area (Å²) in [5.74, 6) is 1.45. The van der Waals surface area contributed by atoms with Gasteiger partial charge in [-0.2, -0.15) is 5.26 Å². The lowest BCUT2D eigenvalue weighted by Crippen LogP contribution is -1.96. The Morgan fingerprint density at radius 1 is 1.44 bits per heavy atom. The summed E-state index contributed by atoms with van der Waals surface area (Å²) in [7, 11) is 3.44. The predicted molar refractivity (Wildman–Crippen MR) is 69.7 cm³/mol. The van der Waals surface area contributed by atoms with E-state index in [9.17, 15) is 0 Å². The highest BCUT2D eigenvalue weighted by Crippen LogP contribution is 2.33. The molecule has 0 aliphatic heterocycles. The van der Waals surface area contributed by atoms with Crippen LogP contribution in [0.15, 0.2) is 18.2 Å². The van der Waals surface area contributed by atoms with Gasteiger partial charge in [-0.05, 0) is 25.1 Å². The monoisotopic (exact) mass is 261 g/mol. The number of aryl methyl sites for hydroxylation is 1. The summed E-state index contributed by atoms with van der Waals surface area (Å²) in [4.78, 5) is 4.20. The summed E-state index contributed by atoms with van der Waals surface area (Å²) in [6, 6.07) is 7.45. The number of aromatic nitrogens is 2. The minimum absolute atomic E-state index is 0.377. The third-order valence-electron chi connectivity index (χ3n) is 2.86. The van der Waals surface area contributed by atoms with Crippen molar-refractivity contribution in [3.05, 3.63) is 34.7 Å². The topological polar surface area (TPSA) is 50.8 Å². The van der Waals surface area contributed by atoms with Crippen LogP contribution in [0.5, 0.6) is 5.75 Å². The van der Waals surface area contributed by atoms with E-state index in [-0.39, 0.29) is 0 Å². The molecule has 0 unspecified atom stereocenters. The molecule has 18 heavy (non-hydrogen) atoms. The van der Waals surface area contributed by atoms with E-state index in [1.165, 1.54) is 0 Å². The molecule has 0 bridgehead atoms. The van der Waals surface area contributed by atoms with Crippen molar-refractivity contribution >= 4 is 11.6 Å². The molecule has 0 amide bonds. The number of methoxy groups -OCH3 is 1. The second-order valence-electron chi connectivity index (χ2n) is 3.87. The number of ether oxygens (including phenoxy) is 1. The van der Waals surface area contributed by atoms with Crippen LogP contribution in [0.25, 0.3) is 11.3 Å². The molecule has 0 fully saturated rings. The van der Waals surface area contributed by atoms with Crippen molar-refractivity contribution in [1.29, 1.82) is 5.26 Å². The van der Waals surface area contributed by atoms with E-state index in [4.69, 9.17) is 21.6 Å². The maximum Gasteiger partial charge on any atom is 0.166 e. The van der Waals surface area contributed by atoms with Crippen LogP contribution in [-0.2, 0) is 7.05 Å². The average molecular weight is 262 g/mol. The van der Waals surface area contributed by atoms with Crippen LogP contribution >= 0.6 is 11.6 Å². The van der Waals surface area contributed by atoms with Gasteiger partial charge in [-0.1, -0.05) is 11.6 Å². The first-order valence-electron chi connectivity index (χ1n) is 5.35. The van der Waals surface area contributed by atoms with E-state index < -0.39 is 0 Å². The molecule has 2 aromatic rings. The number of nitriles is 1. The lowest BCUT2D eigenvalue weighted by molar-refractivity contribution is 0.415. The maximum atomic E-state index is 9.12. The first kappa shape index (κ1) is 12.5. The van der Waals surface area contributed by atoms with Gasteiger partial charge in [-0.15, -0.1) is 0 Å². The molecule has 0 saturated heterocycles. The van der Waals surface area contributed by atoms with Gasteiger partial charge < -0.3 is 9.30 Å². The Kier molecular flexibility index (Phi) is 3.26. The predicted octanol–water partition coefficient (Wildman–Crippen LogP) is 2.93. The van der Waals surface area contributed by atoms with Crippen molar-refractivity contribution in [2.24, 2.45) is 7.05 Å². The van der Waals surface area contributed by atoms with Gasteiger partial charge in [0.2, 0.25) is 0 Å². The average Bonchev–Trinajstić information content (AvgIpc) is 2.65. The molecule has 4 nitrogen and oxygen atoms in total. The summed E-state index contributed by atoms with van der Waals surface area (Å²) >= 11 is 6.22. The smallest absolute Gasteiger partial charge is 0.166 e. The fraction of sp³-hybridized carbons (Fsp3) is 0.231. The van der Waals surface area contributed by atoms with Crippen molar-refractivity contribution in [2.45, 2.75) is 6.92 Å². The summed E-state index contributed by atoms with van der Waals surface area (Å²) < 4.78 is 6.96. The fourth-order valence-corrected chi connectivity index (χ4v) is 2.07. The molecule has 0 atom stereocenters. The lowest BCUT2D eigenvalue weighted by Gasteiger charge is -2.08. The molecule has 2 rings (SSSR count). The van der Waals surface area contributed by atoms with Crippen molar-refractivity contribution in [3.63, 3.8) is 0 Å². The van der Waals surface area contributed by atoms with Gasteiger partial charge in [0.25, 0.3) is 0 Å². The quantitative estimate of drug-likeness (QED) is 0.835. The van der Waals surface area contributed by atoms with Crippen molar-refractivity contribution in [1.82, 2.24) is 9.55 Å². The van der Waals surface area contributed by atoms with Crippen LogP contribution in [0.4, 0.5) is 0 Å². The van der Waals surface area contributed by atoms with Gasteiger partial charge in [-0.3, -0.25) is 0 Å². The highest BCUT2D eigenvalue weighted by molar-refractivity contribution is 6.33. The van der Waals surface area contributed by atoms with Crippen molar-refractivity contribution in [3.8, 4) is 23.1 Å². The molecular formula is C13H12ClN3O. The molecule has 5 heteroatoms. The Balaban J connectivity index is 2.66. The van der Waals surface area contributed by atoms with Crippen molar-refractivity contribution < 1.29 is 4.74 Å². The zero-order valence-electron chi connectivity index (χ0n) is 10.4. The number of hydrogen-bond donors (Lipinski definition) is 0. The minimum atomic E-state index is 0.377. The molecule has 0 spiro atoms. The zero-order chi connectivity index (χ0) is 13.3. The molecule has 0 aliphatic carbocycles. The van der Waals surface area contributed by atoms with E-state index in [2.05, 4.69) is 11.1 Å². The van der Waals surface area contributed by atoms with E-state index in [0.717, 1.165) is 17.1 Å². The first-order valence-corrected chi connectivity index (χ1v) is 5.73. The summed E-state index contributed by atoms with van der Waals surface area (Å²) in [5.41, 5.74) is 1.88. The van der Waals surface area contributed by atoms with Crippen LogP contribution in [0.2, 0.25) is 5.02 Å². The summed E-state index contributed by atoms with van der Waals surface area (Å²) in [5, 5.41) is 9.65. The van der Waals surface area contributed by atoms with Gasteiger partial charge in [0, 0.05) is 12.6 Å². The second kappa shape index (κ2) is 4.71. The number of imidazole rings is 1. The van der Waals surface area contributed by atoms with Gasteiger partial charge in [-0.25, -0.2) is 4.98 Å². The second-order valence-corrected chi connectivity index (χ2v) is 4.28. The Morgan fingerprint density at radius 2 is 2.17 bits per heavy atom. The molecule has 0 aliphatic rings. The third-order valence-corrected chi connectivity index (χ3v) is 3.17. The molecule has 1 heterocycles. The van der Waals surface area contributed by atoms with Crippen LogP contribution < -0.4 is 4.74 Å². The summed E-state index contributed by atoms with van der Waals surface area (Å²) in [6.45, 7) is 1.85. The first-order chi connectivity index (χ1) is 8.58. The Morgan fingerprint density at radius 3 is 2.72 bits per heavy atom. The minimum Gasteiger partial charge on any atom is -0.497 e. The zero-order valence-corrected chi connectivity index (χ0v) is 11.1. The Bertz CT molecular complexity index is 640. The van der Waals surface area contributed by atoms with Gasteiger partial charge in [0.1, 0.15) is 17.6 Å². The van der Waals surface area contributed by atoms with E-state index in [0.29, 0.717) is 16.5 Å². The van der Waals surface area contributed by atoms with E-state index in [1.807, 2.05) is 30.7 Å². The van der Waals surface area contributed by atoms with Crippen LogP contribution in [0.3, 0.4) is 0 Å². The molecular weight excluding hydrogens is 250 g/mol. The van der Waals surface area contributed by atoms with Gasteiger partial charge in [0.15, 0.2) is 5.69 Å². The lowest BCUT2D eigenvalue weighted by atomic mass is 10.1. The van der Waals surface area contributed by atoms with E-state index in [1.54, 1.807) is 13.2 Å². The SMILES string of the molecule is COc1ccc(-c2c(C#N)nc(C)n2C)c(Cl)c1. The third kappa shape index (κ3) is 1.93. The molecule has 1 aromatic carbocycles. The summed E-state index contributed by atoms with van der Waals surface area (Å²) in [6.07, 6.45) is 0. The molecule has 0 saturated carbocycles. The fourth-order valence-electron chi connectivity index (χ4n) is 1.81. The molecule has 0 N–H and O–H groups in total.